The summed E-state index contributed by atoms with van der Waals surface area (Å²) in [6.07, 6.45) is -0.702. The van der Waals surface area contributed by atoms with Crippen LogP contribution in [0.5, 0.6) is 0 Å². The lowest BCUT2D eigenvalue weighted by Gasteiger charge is -2.16. The summed E-state index contributed by atoms with van der Waals surface area (Å²) in [5, 5.41) is 10.7. The summed E-state index contributed by atoms with van der Waals surface area (Å²) in [6, 6.07) is 4.91. The molecule has 0 aromatic heterocycles. The van der Waals surface area contributed by atoms with Crippen molar-refractivity contribution in [2.24, 2.45) is 0 Å². The van der Waals surface area contributed by atoms with E-state index in [2.05, 4.69) is 5.32 Å². The van der Waals surface area contributed by atoms with E-state index in [4.69, 9.17) is 26.3 Å². The number of hydroxylamine groups is 1. The maximum Gasteiger partial charge on any atom is 0.277 e. The van der Waals surface area contributed by atoms with E-state index < -0.39 is 45.7 Å². The number of ether oxygens (including phenoxy) is 1. The van der Waals surface area contributed by atoms with E-state index >= 15 is 0 Å². The Morgan fingerprint density at radius 3 is 2.61 bits per heavy atom. The Morgan fingerprint density at radius 2 is 2.00 bits per heavy atom. The van der Waals surface area contributed by atoms with E-state index in [1.807, 2.05) is 28.1 Å². The average Bonchev–Trinajstić information content (AvgIpc) is 2.67. The summed E-state index contributed by atoms with van der Waals surface area (Å²) in [7, 11) is 1.33. The Hall–Kier alpha value is -1.60. The number of anilines is 2. The van der Waals surface area contributed by atoms with Gasteiger partial charge in [0.05, 0.1) is 28.6 Å². The van der Waals surface area contributed by atoms with E-state index in [0.29, 0.717) is 3.57 Å². The second-order valence-electron chi connectivity index (χ2n) is 5.44. The van der Waals surface area contributed by atoms with Crippen LogP contribution in [0.25, 0.3) is 0 Å². The Balaban J connectivity index is 2.31. The van der Waals surface area contributed by atoms with Crippen molar-refractivity contribution in [1.82, 2.24) is 5.48 Å². The highest BCUT2D eigenvalue weighted by molar-refractivity contribution is 14.1. The largest absolute Gasteiger partial charge is 0.394 e. The highest BCUT2D eigenvalue weighted by Gasteiger charge is 2.23. The second kappa shape index (κ2) is 10.3. The molecule has 0 saturated heterocycles. The molecule has 0 bridgehead atoms. The Kier molecular flexibility index (Phi) is 8.31. The number of rotatable bonds is 8. The number of amides is 1. The molecule has 28 heavy (non-hydrogen) atoms. The molecule has 0 heterocycles. The lowest BCUT2D eigenvalue weighted by molar-refractivity contribution is -0.0469. The highest BCUT2D eigenvalue weighted by Crippen LogP contribution is 2.32. The molecule has 0 fully saturated rings. The molecule has 0 saturated carbocycles. The van der Waals surface area contributed by atoms with Gasteiger partial charge in [0.15, 0.2) is 11.6 Å². The van der Waals surface area contributed by atoms with Crippen LogP contribution in [-0.2, 0) is 9.57 Å². The van der Waals surface area contributed by atoms with Crippen molar-refractivity contribution in [1.29, 1.82) is 0 Å². The van der Waals surface area contributed by atoms with Crippen LogP contribution in [0.3, 0.4) is 0 Å². The Morgan fingerprint density at radius 1 is 1.29 bits per heavy atom. The molecule has 11 heteroatoms. The quantitative estimate of drug-likeness (QED) is 0.275. The molecular formula is C17H15ClF3IN2O4. The lowest BCUT2D eigenvalue weighted by Crippen LogP contribution is -2.31. The number of halogens is 5. The van der Waals surface area contributed by atoms with E-state index in [1.165, 1.54) is 19.2 Å². The fourth-order valence-corrected chi connectivity index (χ4v) is 2.72. The monoisotopic (exact) mass is 530 g/mol. The minimum absolute atomic E-state index is 0.171. The number of benzene rings is 2. The van der Waals surface area contributed by atoms with Crippen LogP contribution >= 0.6 is 34.2 Å². The van der Waals surface area contributed by atoms with Crippen molar-refractivity contribution in [3.8, 4) is 0 Å². The van der Waals surface area contributed by atoms with Crippen molar-refractivity contribution in [3.63, 3.8) is 0 Å². The third-order valence-electron chi connectivity index (χ3n) is 3.57. The van der Waals surface area contributed by atoms with Gasteiger partial charge >= 0.3 is 0 Å². The predicted molar refractivity (Wildman–Crippen MR) is 105 cm³/mol. The summed E-state index contributed by atoms with van der Waals surface area (Å²) in [4.78, 5) is 17.2. The zero-order valence-electron chi connectivity index (χ0n) is 14.4. The molecule has 1 atom stereocenters. The summed E-state index contributed by atoms with van der Waals surface area (Å²) in [6.45, 7) is -0.563. The number of carbonyl (C=O) groups is 1. The molecule has 0 radical (unpaired) electrons. The molecule has 2 rings (SSSR count). The van der Waals surface area contributed by atoms with Crippen molar-refractivity contribution in [3.05, 3.63) is 55.9 Å². The van der Waals surface area contributed by atoms with Gasteiger partial charge in [-0.15, -0.1) is 0 Å². The van der Waals surface area contributed by atoms with Crippen LogP contribution in [0, 0.1) is 21.0 Å². The molecule has 152 valence electrons. The molecule has 0 aliphatic rings. The van der Waals surface area contributed by atoms with Crippen molar-refractivity contribution < 1.29 is 32.6 Å². The fourth-order valence-electron chi connectivity index (χ4n) is 2.07. The number of hydrogen-bond acceptors (Lipinski definition) is 5. The second-order valence-corrected chi connectivity index (χ2v) is 7.09. The molecule has 1 amide bonds. The van der Waals surface area contributed by atoms with Crippen LogP contribution in [0.4, 0.5) is 24.5 Å². The van der Waals surface area contributed by atoms with E-state index in [-0.39, 0.29) is 18.9 Å². The summed E-state index contributed by atoms with van der Waals surface area (Å²) in [5.74, 6) is -4.55. The standard InChI is InChI=1S/C17H15ClF3IN2O4/c1-27-9(6-25)7-28-24-17(26)10-5-11(18)14(20)15(21)16(10)23-13-3-2-8(22)4-12(13)19/h2-5,9,23,25H,6-7H2,1H3,(H,24,26). The molecule has 2 aromatic carbocycles. The van der Waals surface area contributed by atoms with Gasteiger partial charge in [-0.05, 0) is 46.9 Å². The lowest BCUT2D eigenvalue weighted by atomic mass is 10.1. The smallest absolute Gasteiger partial charge is 0.277 e. The summed E-state index contributed by atoms with van der Waals surface area (Å²) >= 11 is 7.51. The molecule has 0 spiro atoms. The van der Waals surface area contributed by atoms with Gasteiger partial charge in [0.2, 0.25) is 0 Å². The number of methoxy groups -OCH3 is 1. The molecule has 1 unspecified atom stereocenters. The average molecular weight is 531 g/mol. The SMILES string of the molecule is COC(CO)CONC(=O)c1cc(Cl)c(F)c(F)c1Nc1ccc(I)cc1F. The molecular weight excluding hydrogens is 516 g/mol. The maximum atomic E-state index is 14.4. The van der Waals surface area contributed by atoms with Gasteiger partial charge in [-0.2, -0.15) is 0 Å². The number of nitrogens with one attached hydrogen (secondary N) is 2. The molecule has 2 aromatic rings. The van der Waals surface area contributed by atoms with Crippen molar-refractivity contribution in [2.45, 2.75) is 6.10 Å². The maximum absolute atomic E-state index is 14.4. The number of hydrogen-bond donors (Lipinski definition) is 3. The molecule has 6 nitrogen and oxygen atoms in total. The van der Waals surface area contributed by atoms with E-state index in [1.54, 1.807) is 6.07 Å². The topological polar surface area (TPSA) is 79.8 Å². The minimum atomic E-state index is -1.46. The minimum Gasteiger partial charge on any atom is -0.394 e. The van der Waals surface area contributed by atoms with Gasteiger partial charge in [-0.25, -0.2) is 18.7 Å². The van der Waals surface area contributed by atoms with Crippen molar-refractivity contribution >= 4 is 51.5 Å². The van der Waals surface area contributed by atoms with Crippen LogP contribution in [0.2, 0.25) is 5.02 Å². The first-order valence-corrected chi connectivity index (χ1v) is 9.19. The zero-order chi connectivity index (χ0) is 20.8. The van der Waals surface area contributed by atoms with E-state index in [0.717, 1.165) is 6.07 Å². The first-order valence-electron chi connectivity index (χ1n) is 7.73. The third-order valence-corrected chi connectivity index (χ3v) is 4.51. The van der Waals surface area contributed by atoms with Gasteiger partial charge in [0, 0.05) is 10.7 Å². The van der Waals surface area contributed by atoms with E-state index in [9.17, 15) is 18.0 Å². The first kappa shape index (κ1) is 22.7. The third kappa shape index (κ3) is 5.47. The van der Waals surface area contributed by atoms with Crippen molar-refractivity contribution in [2.75, 3.05) is 25.6 Å². The Bertz CT molecular complexity index is 869. The fraction of sp³-hybridized carbons (Fsp3) is 0.235. The van der Waals surface area contributed by atoms with Gasteiger partial charge in [-0.3, -0.25) is 9.63 Å². The Labute approximate surface area is 177 Å². The van der Waals surface area contributed by atoms with Crippen LogP contribution in [0.15, 0.2) is 24.3 Å². The number of carbonyl (C=O) groups excluding carboxylic acids is 1. The summed E-state index contributed by atoms with van der Waals surface area (Å²) < 4.78 is 47.8. The zero-order valence-corrected chi connectivity index (χ0v) is 17.3. The normalized spacial score (nSPS) is 12.0. The highest BCUT2D eigenvalue weighted by atomic mass is 127. The van der Waals surface area contributed by atoms with Crippen LogP contribution in [0.1, 0.15) is 10.4 Å². The first-order chi connectivity index (χ1) is 13.3. The van der Waals surface area contributed by atoms with Gasteiger partial charge in [-0.1, -0.05) is 11.6 Å². The molecule has 0 aliphatic heterocycles. The molecule has 3 N–H and O–H groups in total. The van der Waals surface area contributed by atoms with Gasteiger partial charge in [0.25, 0.3) is 5.91 Å². The summed E-state index contributed by atoms with van der Waals surface area (Å²) in [5.41, 5.74) is 0.805. The van der Waals surface area contributed by atoms with Crippen LogP contribution in [-0.4, -0.2) is 37.4 Å². The number of aliphatic hydroxyl groups excluding tert-OH is 1. The predicted octanol–water partition coefficient (Wildman–Crippen LogP) is 3.77. The number of aliphatic hydroxyl groups is 1. The van der Waals surface area contributed by atoms with Gasteiger partial charge < -0.3 is 15.2 Å². The van der Waals surface area contributed by atoms with Gasteiger partial charge in [0.1, 0.15) is 18.5 Å². The molecule has 0 aliphatic carbocycles. The van der Waals surface area contributed by atoms with Crippen LogP contribution < -0.4 is 10.8 Å².